The van der Waals surface area contributed by atoms with Crippen LogP contribution in [-0.4, -0.2) is 62.1 Å². The summed E-state index contributed by atoms with van der Waals surface area (Å²) in [6, 6.07) is 6.58. The zero-order chi connectivity index (χ0) is 21.5. The minimum absolute atomic E-state index is 0. The van der Waals surface area contributed by atoms with E-state index in [4.69, 9.17) is 21.3 Å². The van der Waals surface area contributed by atoms with Crippen LogP contribution in [0.2, 0.25) is 5.02 Å². The number of piperazine rings is 1. The standard InChI is InChI=1S/C20H22ClF3N4OS.2ClH/c1-27-6-7-28(11-13(27)5-8-29-2)18-14-10-17(20(22,23)24)30-19(14)26-15-4-3-12(21)9-16(15)25-18;;/h3-4,9-10,13,26H,5-8,11H2,1-2H3;2*1H. The molecule has 0 aliphatic carbocycles. The number of benzene rings is 1. The van der Waals surface area contributed by atoms with Gasteiger partial charge in [0.1, 0.15) is 15.7 Å². The molecule has 0 amide bonds. The summed E-state index contributed by atoms with van der Waals surface area (Å²) >= 11 is 6.86. The Morgan fingerprint density at radius 2 is 2.00 bits per heavy atom. The molecular formula is C20H24Cl3F3N4OS. The van der Waals surface area contributed by atoms with Crippen LogP contribution < -0.4 is 5.32 Å². The van der Waals surface area contributed by atoms with Crippen molar-refractivity contribution in [3.8, 4) is 0 Å². The van der Waals surface area contributed by atoms with E-state index in [2.05, 4.69) is 22.2 Å². The summed E-state index contributed by atoms with van der Waals surface area (Å²) in [5.41, 5.74) is 1.72. The lowest BCUT2D eigenvalue weighted by Crippen LogP contribution is -2.53. The number of methoxy groups -OCH3 is 1. The van der Waals surface area contributed by atoms with Crippen LogP contribution >= 0.6 is 47.8 Å². The van der Waals surface area contributed by atoms with Gasteiger partial charge in [-0.15, -0.1) is 36.2 Å². The maximum absolute atomic E-state index is 13.4. The fourth-order valence-corrected chi connectivity index (χ4v) is 4.83. The maximum atomic E-state index is 13.4. The average Bonchev–Trinajstić information content (AvgIpc) is 3.05. The number of hydrogen-bond acceptors (Lipinski definition) is 6. The molecule has 1 aromatic heterocycles. The second-order valence-electron chi connectivity index (χ2n) is 7.44. The van der Waals surface area contributed by atoms with E-state index in [1.165, 1.54) is 6.07 Å². The topological polar surface area (TPSA) is 40.1 Å². The van der Waals surface area contributed by atoms with Gasteiger partial charge in [-0.05, 0) is 37.7 Å². The average molecular weight is 532 g/mol. The molecule has 0 radical (unpaired) electrons. The number of rotatable bonds is 3. The van der Waals surface area contributed by atoms with Crippen LogP contribution in [-0.2, 0) is 10.9 Å². The van der Waals surface area contributed by atoms with Crippen LogP contribution in [0, 0.1) is 0 Å². The molecular weight excluding hydrogens is 508 g/mol. The summed E-state index contributed by atoms with van der Waals surface area (Å²) in [6.45, 7) is 2.74. The third kappa shape index (κ3) is 5.63. The Kier molecular flexibility index (Phi) is 9.12. The molecule has 0 bridgehead atoms. The van der Waals surface area contributed by atoms with Crippen molar-refractivity contribution < 1.29 is 17.9 Å². The quantitative estimate of drug-likeness (QED) is 0.523. The summed E-state index contributed by atoms with van der Waals surface area (Å²) < 4.78 is 45.5. The number of halogens is 6. The molecule has 2 aromatic rings. The third-order valence-electron chi connectivity index (χ3n) is 5.42. The zero-order valence-electron chi connectivity index (χ0n) is 17.4. The largest absolute Gasteiger partial charge is 0.425 e. The number of fused-ring (bicyclic) bond motifs is 2. The molecule has 1 aromatic carbocycles. The number of likely N-dealkylation sites (N-methyl/N-ethyl adjacent to an activating group) is 1. The summed E-state index contributed by atoms with van der Waals surface area (Å²) in [7, 11) is 3.72. The van der Waals surface area contributed by atoms with Crippen LogP contribution in [0.15, 0.2) is 29.3 Å². The van der Waals surface area contributed by atoms with E-state index in [-0.39, 0.29) is 30.9 Å². The molecule has 2 aliphatic heterocycles. The number of amidine groups is 1. The number of alkyl halides is 3. The molecule has 2 aliphatic rings. The molecule has 1 atom stereocenters. The van der Waals surface area contributed by atoms with Gasteiger partial charge in [-0.25, -0.2) is 4.99 Å². The molecule has 1 unspecified atom stereocenters. The van der Waals surface area contributed by atoms with Crippen molar-refractivity contribution in [2.75, 3.05) is 45.7 Å². The monoisotopic (exact) mass is 530 g/mol. The van der Waals surface area contributed by atoms with Gasteiger partial charge in [-0.1, -0.05) is 11.6 Å². The van der Waals surface area contributed by atoms with Crippen LogP contribution in [0.25, 0.3) is 0 Å². The molecule has 0 saturated carbocycles. The number of nitrogens with one attached hydrogen (secondary N) is 1. The first-order chi connectivity index (χ1) is 14.3. The summed E-state index contributed by atoms with van der Waals surface area (Å²) in [4.78, 5) is 8.47. The van der Waals surface area contributed by atoms with E-state index < -0.39 is 11.1 Å². The van der Waals surface area contributed by atoms with Gasteiger partial charge in [-0.3, -0.25) is 4.90 Å². The van der Waals surface area contributed by atoms with Gasteiger partial charge >= 0.3 is 6.18 Å². The van der Waals surface area contributed by atoms with Gasteiger partial charge in [0.2, 0.25) is 0 Å². The van der Waals surface area contributed by atoms with Crippen molar-refractivity contribution in [3.63, 3.8) is 0 Å². The molecule has 1 N–H and O–H groups in total. The Labute approximate surface area is 206 Å². The van der Waals surface area contributed by atoms with Gasteiger partial charge in [0.25, 0.3) is 0 Å². The van der Waals surface area contributed by atoms with Gasteiger partial charge in [0.05, 0.1) is 16.9 Å². The lowest BCUT2D eigenvalue weighted by molar-refractivity contribution is -0.134. The van der Waals surface area contributed by atoms with Crippen molar-refractivity contribution in [2.45, 2.75) is 18.6 Å². The smallest absolute Gasteiger partial charge is 0.385 e. The van der Waals surface area contributed by atoms with Crippen LogP contribution in [0.1, 0.15) is 16.9 Å². The third-order valence-corrected chi connectivity index (χ3v) is 6.75. The minimum atomic E-state index is -4.41. The number of anilines is 2. The van der Waals surface area contributed by atoms with Crippen molar-refractivity contribution in [1.82, 2.24) is 9.80 Å². The molecule has 178 valence electrons. The highest BCUT2D eigenvalue weighted by Gasteiger charge is 2.37. The van der Waals surface area contributed by atoms with Crippen LogP contribution in [0.3, 0.4) is 0 Å². The fraction of sp³-hybridized carbons (Fsp3) is 0.450. The van der Waals surface area contributed by atoms with Crippen molar-refractivity contribution >= 4 is 70.0 Å². The Morgan fingerprint density at radius 3 is 2.69 bits per heavy atom. The minimum Gasteiger partial charge on any atom is -0.385 e. The number of thiophene rings is 1. The van der Waals surface area contributed by atoms with E-state index in [9.17, 15) is 13.2 Å². The highest BCUT2D eigenvalue weighted by Crippen LogP contribution is 2.44. The molecule has 5 nitrogen and oxygen atoms in total. The number of hydrogen-bond donors (Lipinski definition) is 1. The molecule has 32 heavy (non-hydrogen) atoms. The highest BCUT2D eigenvalue weighted by molar-refractivity contribution is 7.16. The van der Waals surface area contributed by atoms with Crippen molar-refractivity contribution in [1.29, 1.82) is 0 Å². The van der Waals surface area contributed by atoms with E-state index >= 15 is 0 Å². The fourth-order valence-electron chi connectivity index (χ4n) is 3.73. The predicted octanol–water partition coefficient (Wildman–Crippen LogP) is 6.05. The maximum Gasteiger partial charge on any atom is 0.425 e. The van der Waals surface area contributed by atoms with Gasteiger partial charge in [0.15, 0.2) is 0 Å². The Hall–Kier alpha value is -1.23. The van der Waals surface area contributed by atoms with Crippen molar-refractivity contribution in [2.24, 2.45) is 4.99 Å². The van der Waals surface area contributed by atoms with Crippen molar-refractivity contribution in [3.05, 3.63) is 39.7 Å². The first-order valence-electron chi connectivity index (χ1n) is 9.57. The lowest BCUT2D eigenvalue weighted by Gasteiger charge is -2.40. The first kappa shape index (κ1) is 27.0. The lowest BCUT2D eigenvalue weighted by atomic mass is 10.1. The number of nitrogens with zero attached hydrogens (tertiary/aromatic N) is 3. The van der Waals surface area contributed by atoms with Gasteiger partial charge in [-0.2, -0.15) is 13.2 Å². The highest BCUT2D eigenvalue weighted by atomic mass is 35.5. The van der Waals surface area contributed by atoms with Crippen LogP contribution in [0.5, 0.6) is 0 Å². The molecule has 12 heteroatoms. The second kappa shape index (κ2) is 10.8. The molecule has 4 rings (SSSR count). The van der Waals surface area contributed by atoms with Gasteiger partial charge in [0, 0.05) is 44.4 Å². The molecule has 3 heterocycles. The summed E-state index contributed by atoms with van der Waals surface area (Å²) in [5.74, 6) is 0.542. The summed E-state index contributed by atoms with van der Waals surface area (Å²) in [5, 5.41) is 4.10. The van der Waals surface area contributed by atoms with E-state index in [0.717, 1.165) is 13.0 Å². The van der Waals surface area contributed by atoms with E-state index in [1.54, 1.807) is 25.3 Å². The zero-order valence-corrected chi connectivity index (χ0v) is 20.6. The van der Waals surface area contributed by atoms with Gasteiger partial charge < -0.3 is 15.0 Å². The Bertz CT molecular complexity index is 970. The first-order valence-corrected chi connectivity index (χ1v) is 10.8. The SMILES string of the molecule is COCCC1CN(C2=Nc3cc(Cl)ccc3Nc3sc(C(F)(F)F)cc32)CCN1C.Cl.Cl. The normalized spacial score (nSPS) is 18.4. The molecule has 0 spiro atoms. The number of aliphatic imine (C=N–C) groups is 1. The van der Waals surface area contributed by atoms with Crippen LogP contribution in [0.4, 0.5) is 29.5 Å². The Morgan fingerprint density at radius 1 is 1.25 bits per heavy atom. The molecule has 1 fully saturated rings. The van der Waals surface area contributed by atoms with E-state index in [0.29, 0.717) is 63.8 Å². The molecule has 1 saturated heterocycles. The summed E-state index contributed by atoms with van der Waals surface area (Å²) in [6.07, 6.45) is -3.57. The number of ether oxygens (including phenoxy) is 1. The predicted molar refractivity (Wildman–Crippen MR) is 129 cm³/mol. The van der Waals surface area contributed by atoms with E-state index in [1.807, 2.05) is 0 Å². The Balaban J connectivity index is 0.00000181. The second-order valence-corrected chi connectivity index (χ2v) is 8.92.